The zero-order valence-corrected chi connectivity index (χ0v) is 16.9. The highest BCUT2D eigenvalue weighted by Gasteiger charge is 2.21. The molecule has 1 aromatic heterocycles. The van der Waals surface area contributed by atoms with Crippen LogP contribution in [0.3, 0.4) is 0 Å². The molecule has 4 aromatic rings. The van der Waals surface area contributed by atoms with Gasteiger partial charge in [0.2, 0.25) is 0 Å². The van der Waals surface area contributed by atoms with Gasteiger partial charge < -0.3 is 14.6 Å². The average Bonchev–Trinajstić information content (AvgIpc) is 3.15. The molecule has 4 rings (SSSR count). The van der Waals surface area contributed by atoms with Gasteiger partial charge in [-0.05, 0) is 48.7 Å². The first-order valence-corrected chi connectivity index (χ1v) is 9.72. The molecular weight excluding hydrogens is 376 g/mol. The molecule has 0 radical (unpaired) electrons. The molecule has 0 atom stereocenters. The maximum Gasteiger partial charge on any atom is 0.278 e. The Morgan fingerprint density at radius 1 is 0.900 bits per heavy atom. The summed E-state index contributed by atoms with van der Waals surface area (Å²) in [5.74, 6) is 0.997. The third-order valence-corrected chi connectivity index (χ3v) is 4.92. The first-order valence-electron chi connectivity index (χ1n) is 9.72. The largest absolute Gasteiger partial charge is 0.488 e. The Morgan fingerprint density at radius 2 is 1.57 bits per heavy atom. The molecule has 0 spiro atoms. The molecule has 0 saturated carbocycles. The van der Waals surface area contributed by atoms with Crippen LogP contribution in [0.15, 0.2) is 83.4 Å². The van der Waals surface area contributed by atoms with E-state index < -0.39 is 0 Å². The van der Waals surface area contributed by atoms with Gasteiger partial charge in [0.15, 0.2) is 5.69 Å². The predicted molar refractivity (Wildman–Crippen MR) is 117 cm³/mol. The number of ether oxygens (including phenoxy) is 1. The van der Waals surface area contributed by atoms with E-state index >= 15 is 0 Å². The van der Waals surface area contributed by atoms with Crippen LogP contribution in [0.5, 0.6) is 5.75 Å². The summed E-state index contributed by atoms with van der Waals surface area (Å²) in [6.07, 6.45) is 0. The minimum Gasteiger partial charge on any atom is -0.488 e. The summed E-state index contributed by atoms with van der Waals surface area (Å²) in [6.45, 7) is 3.95. The van der Waals surface area contributed by atoms with E-state index in [4.69, 9.17) is 9.26 Å². The Bertz CT molecular complexity index is 1150. The van der Waals surface area contributed by atoms with Gasteiger partial charge in [-0.2, -0.15) is 0 Å². The molecule has 0 unspecified atom stereocenters. The normalized spacial score (nSPS) is 10.6. The Labute approximate surface area is 175 Å². The van der Waals surface area contributed by atoms with Crippen LogP contribution in [0, 0.1) is 13.8 Å². The lowest BCUT2D eigenvalue weighted by Crippen LogP contribution is -2.15. The van der Waals surface area contributed by atoms with Crippen molar-refractivity contribution >= 4 is 11.6 Å². The molecule has 1 heterocycles. The van der Waals surface area contributed by atoms with Crippen molar-refractivity contribution in [1.29, 1.82) is 0 Å². The van der Waals surface area contributed by atoms with Crippen LogP contribution >= 0.6 is 0 Å². The summed E-state index contributed by atoms with van der Waals surface area (Å²) in [7, 11) is 0. The molecule has 0 aliphatic rings. The van der Waals surface area contributed by atoms with Crippen LogP contribution in [-0.2, 0) is 6.61 Å². The molecule has 0 fully saturated rings. The van der Waals surface area contributed by atoms with Crippen molar-refractivity contribution in [3.05, 3.63) is 101 Å². The maximum absolute atomic E-state index is 12.8. The van der Waals surface area contributed by atoms with Crippen molar-refractivity contribution in [2.24, 2.45) is 0 Å². The molecular formula is C25H22N2O3. The van der Waals surface area contributed by atoms with Crippen molar-refractivity contribution in [2.45, 2.75) is 20.5 Å². The van der Waals surface area contributed by atoms with E-state index in [1.165, 1.54) is 0 Å². The van der Waals surface area contributed by atoms with Crippen LogP contribution in [0.1, 0.15) is 27.4 Å². The van der Waals surface area contributed by atoms with Crippen LogP contribution in [0.2, 0.25) is 0 Å². The number of para-hydroxylation sites is 1. The molecule has 0 bridgehead atoms. The Morgan fingerprint density at radius 3 is 2.30 bits per heavy atom. The highest BCUT2D eigenvalue weighted by molar-refractivity contribution is 6.04. The van der Waals surface area contributed by atoms with E-state index in [1.807, 2.05) is 85.8 Å². The standard InChI is InChI=1S/C25H22N2O3/c1-17-8-6-7-11-23(17)29-16-22-18(2)30-27-24(22)25(28)26-21-14-12-20(13-15-21)19-9-4-3-5-10-19/h3-15H,16H2,1-2H3,(H,26,28). The number of hydrogen-bond acceptors (Lipinski definition) is 4. The van der Waals surface area contributed by atoms with Crippen LogP contribution in [0.4, 0.5) is 5.69 Å². The van der Waals surface area contributed by atoms with Gasteiger partial charge in [-0.25, -0.2) is 0 Å². The molecule has 30 heavy (non-hydrogen) atoms. The molecule has 150 valence electrons. The number of nitrogens with zero attached hydrogens (tertiary/aromatic N) is 1. The van der Waals surface area contributed by atoms with Gasteiger partial charge in [0.05, 0.1) is 5.56 Å². The Hall–Kier alpha value is -3.86. The highest BCUT2D eigenvalue weighted by Crippen LogP contribution is 2.23. The second kappa shape index (κ2) is 8.66. The summed E-state index contributed by atoms with van der Waals surface area (Å²) in [4.78, 5) is 12.8. The number of rotatable bonds is 6. The monoisotopic (exact) mass is 398 g/mol. The zero-order valence-electron chi connectivity index (χ0n) is 16.9. The van der Waals surface area contributed by atoms with E-state index in [-0.39, 0.29) is 18.2 Å². The first-order chi connectivity index (χ1) is 14.6. The topological polar surface area (TPSA) is 64.4 Å². The second-order valence-electron chi connectivity index (χ2n) is 7.02. The number of hydrogen-bond donors (Lipinski definition) is 1. The lowest BCUT2D eigenvalue weighted by molar-refractivity contribution is 0.101. The molecule has 0 aliphatic carbocycles. The predicted octanol–water partition coefficient (Wildman–Crippen LogP) is 5.79. The third kappa shape index (κ3) is 4.25. The summed E-state index contributed by atoms with van der Waals surface area (Å²) in [6, 6.07) is 25.5. The van der Waals surface area contributed by atoms with Crippen LogP contribution < -0.4 is 10.1 Å². The number of benzene rings is 3. The van der Waals surface area contributed by atoms with Gasteiger partial charge in [-0.3, -0.25) is 4.79 Å². The maximum atomic E-state index is 12.8. The van der Waals surface area contributed by atoms with E-state index in [0.717, 1.165) is 22.4 Å². The third-order valence-electron chi connectivity index (χ3n) is 4.92. The second-order valence-corrected chi connectivity index (χ2v) is 7.02. The van der Waals surface area contributed by atoms with Crippen molar-refractivity contribution < 1.29 is 14.1 Å². The lowest BCUT2D eigenvalue weighted by Gasteiger charge is -2.09. The molecule has 0 saturated heterocycles. The SMILES string of the molecule is Cc1ccccc1OCc1c(C(=O)Nc2ccc(-c3ccccc3)cc2)noc1C. The van der Waals surface area contributed by atoms with Crippen molar-refractivity contribution in [1.82, 2.24) is 5.16 Å². The van der Waals surface area contributed by atoms with Crippen molar-refractivity contribution in [3.63, 3.8) is 0 Å². The number of aromatic nitrogens is 1. The molecule has 1 amide bonds. The fourth-order valence-corrected chi connectivity index (χ4v) is 3.17. The lowest BCUT2D eigenvalue weighted by atomic mass is 10.1. The van der Waals surface area contributed by atoms with E-state index in [2.05, 4.69) is 10.5 Å². The van der Waals surface area contributed by atoms with Crippen molar-refractivity contribution in [2.75, 3.05) is 5.32 Å². The van der Waals surface area contributed by atoms with Gasteiger partial charge >= 0.3 is 0 Å². The smallest absolute Gasteiger partial charge is 0.278 e. The summed E-state index contributed by atoms with van der Waals surface area (Å²) < 4.78 is 11.1. The number of nitrogens with one attached hydrogen (secondary N) is 1. The van der Waals surface area contributed by atoms with Gasteiger partial charge in [0, 0.05) is 5.69 Å². The summed E-state index contributed by atoms with van der Waals surface area (Å²) >= 11 is 0. The van der Waals surface area contributed by atoms with E-state index in [9.17, 15) is 4.79 Å². The van der Waals surface area contributed by atoms with Crippen LogP contribution in [-0.4, -0.2) is 11.1 Å². The molecule has 1 N–H and O–H groups in total. The highest BCUT2D eigenvalue weighted by atomic mass is 16.5. The zero-order chi connectivity index (χ0) is 20.9. The molecule has 0 aliphatic heterocycles. The first kappa shape index (κ1) is 19.5. The number of carbonyl (C=O) groups excluding carboxylic acids is 1. The van der Waals surface area contributed by atoms with E-state index in [1.54, 1.807) is 6.92 Å². The van der Waals surface area contributed by atoms with Gasteiger partial charge in [-0.1, -0.05) is 65.8 Å². The minimum absolute atomic E-state index is 0.204. The number of amides is 1. The quantitative estimate of drug-likeness (QED) is 0.446. The number of anilines is 1. The van der Waals surface area contributed by atoms with Crippen molar-refractivity contribution in [3.8, 4) is 16.9 Å². The summed E-state index contributed by atoms with van der Waals surface area (Å²) in [5, 5.41) is 6.83. The Kier molecular flexibility index (Phi) is 5.61. The fraction of sp³-hybridized carbons (Fsp3) is 0.120. The van der Waals surface area contributed by atoms with Gasteiger partial charge in [-0.15, -0.1) is 0 Å². The molecule has 3 aromatic carbocycles. The van der Waals surface area contributed by atoms with Gasteiger partial charge in [0.1, 0.15) is 18.1 Å². The van der Waals surface area contributed by atoms with Crippen LogP contribution in [0.25, 0.3) is 11.1 Å². The Balaban J connectivity index is 1.47. The number of aryl methyl sites for hydroxylation is 2. The fourth-order valence-electron chi connectivity index (χ4n) is 3.17. The molecule has 5 nitrogen and oxygen atoms in total. The van der Waals surface area contributed by atoms with E-state index in [0.29, 0.717) is 17.0 Å². The minimum atomic E-state index is -0.331. The number of carbonyl (C=O) groups is 1. The summed E-state index contributed by atoms with van der Waals surface area (Å²) in [5.41, 5.74) is 4.78. The molecule has 5 heteroatoms. The average molecular weight is 398 g/mol. The van der Waals surface area contributed by atoms with Gasteiger partial charge in [0.25, 0.3) is 5.91 Å².